The third-order valence-corrected chi connectivity index (χ3v) is 2.82. The Kier molecular flexibility index (Phi) is 4.82. The summed E-state index contributed by atoms with van der Waals surface area (Å²) in [7, 11) is 0. The SMILES string of the molecule is CCOc1cccc(C)c1CC(=O)CBr. The third kappa shape index (κ3) is 3.34. The van der Waals surface area contributed by atoms with Crippen LogP contribution in [0.1, 0.15) is 18.1 Å². The van der Waals surface area contributed by atoms with E-state index in [9.17, 15) is 4.79 Å². The molecule has 0 amide bonds. The first-order valence-corrected chi connectivity index (χ1v) is 6.10. The van der Waals surface area contributed by atoms with E-state index < -0.39 is 0 Å². The van der Waals surface area contributed by atoms with Crippen molar-refractivity contribution in [3.05, 3.63) is 29.3 Å². The Hall–Kier alpha value is -0.830. The Labute approximate surface area is 98.8 Å². The number of hydrogen-bond acceptors (Lipinski definition) is 2. The molecule has 0 aliphatic heterocycles. The molecule has 0 saturated heterocycles. The van der Waals surface area contributed by atoms with Gasteiger partial charge < -0.3 is 4.74 Å². The average Bonchev–Trinajstić information content (AvgIpc) is 2.23. The van der Waals surface area contributed by atoms with Crippen LogP contribution >= 0.6 is 15.9 Å². The molecule has 15 heavy (non-hydrogen) atoms. The molecule has 1 aromatic rings. The molecule has 0 saturated carbocycles. The van der Waals surface area contributed by atoms with Crippen LogP contribution in [-0.4, -0.2) is 17.7 Å². The molecule has 1 aromatic carbocycles. The lowest BCUT2D eigenvalue weighted by molar-refractivity contribution is -0.115. The number of ether oxygens (including phenoxy) is 1. The van der Waals surface area contributed by atoms with Gasteiger partial charge in [0, 0.05) is 12.0 Å². The first-order chi connectivity index (χ1) is 7.19. The Bertz CT molecular complexity index is 347. The van der Waals surface area contributed by atoms with E-state index in [1.54, 1.807) is 0 Å². The topological polar surface area (TPSA) is 26.3 Å². The maximum Gasteiger partial charge on any atom is 0.147 e. The van der Waals surface area contributed by atoms with Crippen LogP contribution in [0.2, 0.25) is 0 Å². The average molecular weight is 271 g/mol. The van der Waals surface area contributed by atoms with Gasteiger partial charge in [0.25, 0.3) is 0 Å². The quantitative estimate of drug-likeness (QED) is 0.770. The molecule has 1 rings (SSSR count). The second-order valence-corrected chi connectivity index (χ2v) is 3.89. The lowest BCUT2D eigenvalue weighted by Gasteiger charge is -2.11. The summed E-state index contributed by atoms with van der Waals surface area (Å²) in [6, 6.07) is 5.86. The van der Waals surface area contributed by atoms with Crippen molar-refractivity contribution in [3.8, 4) is 5.75 Å². The van der Waals surface area contributed by atoms with Crippen LogP contribution in [0, 0.1) is 6.92 Å². The number of alkyl halides is 1. The number of carbonyl (C=O) groups is 1. The molecule has 0 spiro atoms. The zero-order valence-electron chi connectivity index (χ0n) is 9.05. The van der Waals surface area contributed by atoms with E-state index in [0.717, 1.165) is 16.9 Å². The molecule has 3 heteroatoms. The van der Waals surface area contributed by atoms with Crippen LogP contribution in [0.25, 0.3) is 0 Å². The van der Waals surface area contributed by atoms with Gasteiger partial charge in [0.15, 0.2) is 0 Å². The lowest BCUT2D eigenvalue weighted by Crippen LogP contribution is -2.07. The maximum absolute atomic E-state index is 11.4. The normalized spacial score (nSPS) is 10.1. The van der Waals surface area contributed by atoms with E-state index in [-0.39, 0.29) is 5.78 Å². The summed E-state index contributed by atoms with van der Waals surface area (Å²) in [5.41, 5.74) is 2.11. The minimum atomic E-state index is 0.172. The molecule has 82 valence electrons. The Morgan fingerprint density at radius 2 is 2.20 bits per heavy atom. The molecule has 0 fully saturated rings. The van der Waals surface area contributed by atoms with Crippen LogP contribution in [0.4, 0.5) is 0 Å². The molecule has 0 unspecified atom stereocenters. The summed E-state index contributed by atoms with van der Waals surface area (Å²) in [6.45, 7) is 4.57. The minimum Gasteiger partial charge on any atom is -0.494 e. The van der Waals surface area contributed by atoms with E-state index >= 15 is 0 Å². The van der Waals surface area contributed by atoms with E-state index in [2.05, 4.69) is 15.9 Å². The maximum atomic E-state index is 11.4. The first-order valence-electron chi connectivity index (χ1n) is 4.98. The predicted molar refractivity (Wildman–Crippen MR) is 64.9 cm³/mol. The van der Waals surface area contributed by atoms with Gasteiger partial charge in [-0.3, -0.25) is 4.79 Å². The Morgan fingerprint density at radius 1 is 1.47 bits per heavy atom. The van der Waals surface area contributed by atoms with E-state index in [0.29, 0.717) is 18.4 Å². The predicted octanol–water partition coefficient (Wildman–Crippen LogP) is 2.90. The van der Waals surface area contributed by atoms with Gasteiger partial charge in [-0.2, -0.15) is 0 Å². The standard InChI is InChI=1S/C12H15BrO2/c1-3-15-12-6-4-5-9(2)11(12)7-10(14)8-13/h4-6H,3,7-8H2,1-2H3. The van der Waals surface area contributed by atoms with Gasteiger partial charge in [-0.25, -0.2) is 0 Å². The van der Waals surface area contributed by atoms with Crippen molar-refractivity contribution in [3.63, 3.8) is 0 Å². The molecule has 0 radical (unpaired) electrons. The smallest absolute Gasteiger partial charge is 0.147 e. The summed E-state index contributed by atoms with van der Waals surface area (Å²) >= 11 is 3.17. The van der Waals surface area contributed by atoms with Crippen molar-refractivity contribution >= 4 is 21.7 Å². The van der Waals surface area contributed by atoms with Crippen LogP contribution in [0.3, 0.4) is 0 Å². The summed E-state index contributed by atoms with van der Waals surface area (Å²) in [5.74, 6) is 0.997. The highest BCUT2D eigenvalue weighted by Crippen LogP contribution is 2.23. The van der Waals surface area contributed by atoms with Gasteiger partial charge in [-0.05, 0) is 25.5 Å². The highest BCUT2D eigenvalue weighted by Gasteiger charge is 2.10. The summed E-state index contributed by atoms with van der Waals surface area (Å²) in [4.78, 5) is 11.4. The number of aryl methyl sites for hydroxylation is 1. The highest BCUT2D eigenvalue weighted by atomic mass is 79.9. The van der Waals surface area contributed by atoms with E-state index in [1.807, 2.05) is 32.0 Å². The van der Waals surface area contributed by atoms with Crippen molar-refractivity contribution in [2.24, 2.45) is 0 Å². The molecule has 0 aliphatic rings. The number of ketones is 1. The van der Waals surface area contributed by atoms with Gasteiger partial charge >= 0.3 is 0 Å². The van der Waals surface area contributed by atoms with Gasteiger partial charge in [0.1, 0.15) is 11.5 Å². The van der Waals surface area contributed by atoms with Crippen molar-refractivity contribution in [2.75, 3.05) is 11.9 Å². The number of halogens is 1. The minimum absolute atomic E-state index is 0.172. The number of carbonyl (C=O) groups excluding carboxylic acids is 1. The van der Waals surface area contributed by atoms with Crippen LogP contribution in [0.5, 0.6) is 5.75 Å². The summed E-state index contributed by atoms with van der Waals surface area (Å²) in [6.07, 6.45) is 0.438. The molecule has 0 N–H and O–H groups in total. The first kappa shape index (κ1) is 12.2. The van der Waals surface area contributed by atoms with Crippen molar-refractivity contribution in [2.45, 2.75) is 20.3 Å². The fourth-order valence-corrected chi connectivity index (χ4v) is 1.64. The Morgan fingerprint density at radius 3 is 2.80 bits per heavy atom. The second kappa shape index (κ2) is 5.91. The number of benzene rings is 1. The van der Waals surface area contributed by atoms with Crippen molar-refractivity contribution < 1.29 is 9.53 Å². The zero-order chi connectivity index (χ0) is 11.3. The Balaban J connectivity index is 2.96. The number of rotatable bonds is 5. The van der Waals surface area contributed by atoms with Crippen molar-refractivity contribution in [1.29, 1.82) is 0 Å². The van der Waals surface area contributed by atoms with Crippen LogP contribution in [0.15, 0.2) is 18.2 Å². The summed E-state index contributed by atoms with van der Waals surface area (Å²) < 4.78 is 5.50. The third-order valence-electron chi connectivity index (χ3n) is 2.19. The van der Waals surface area contributed by atoms with Gasteiger partial charge in [0.2, 0.25) is 0 Å². The number of Topliss-reactive ketones (excluding diaryl/α,β-unsaturated/α-hetero) is 1. The molecule has 2 nitrogen and oxygen atoms in total. The van der Waals surface area contributed by atoms with Gasteiger partial charge in [-0.1, -0.05) is 28.1 Å². The van der Waals surface area contributed by atoms with Crippen LogP contribution < -0.4 is 4.74 Å². The molecule has 0 heterocycles. The molecule has 0 bridgehead atoms. The molecular formula is C12H15BrO2. The molecule has 0 atom stereocenters. The van der Waals surface area contributed by atoms with E-state index in [4.69, 9.17) is 4.74 Å². The fraction of sp³-hybridized carbons (Fsp3) is 0.417. The van der Waals surface area contributed by atoms with Crippen molar-refractivity contribution in [1.82, 2.24) is 0 Å². The summed E-state index contributed by atoms with van der Waals surface area (Å²) in [5, 5.41) is 0.396. The molecular weight excluding hydrogens is 256 g/mol. The number of hydrogen-bond donors (Lipinski definition) is 0. The largest absolute Gasteiger partial charge is 0.494 e. The molecule has 0 aromatic heterocycles. The molecule has 0 aliphatic carbocycles. The van der Waals surface area contributed by atoms with Gasteiger partial charge in [-0.15, -0.1) is 0 Å². The highest BCUT2D eigenvalue weighted by molar-refractivity contribution is 9.09. The lowest BCUT2D eigenvalue weighted by atomic mass is 10.0. The second-order valence-electron chi connectivity index (χ2n) is 3.33. The fourth-order valence-electron chi connectivity index (χ4n) is 1.44. The zero-order valence-corrected chi connectivity index (χ0v) is 10.6. The van der Waals surface area contributed by atoms with Crippen LogP contribution in [-0.2, 0) is 11.2 Å². The van der Waals surface area contributed by atoms with Gasteiger partial charge in [0.05, 0.1) is 11.9 Å². The monoisotopic (exact) mass is 270 g/mol. The van der Waals surface area contributed by atoms with E-state index in [1.165, 1.54) is 0 Å².